The minimum Gasteiger partial charge on any atom is -0.478 e. The summed E-state index contributed by atoms with van der Waals surface area (Å²) in [7, 11) is 0. The Morgan fingerprint density at radius 3 is 2.69 bits per heavy atom. The number of carboxylic acid groups (broad SMARTS) is 1. The second-order valence-corrected chi connectivity index (χ2v) is 4.93. The van der Waals surface area contributed by atoms with E-state index in [0.29, 0.717) is 0 Å². The van der Waals surface area contributed by atoms with Gasteiger partial charge in [-0.25, -0.2) is 9.78 Å². The van der Waals surface area contributed by atoms with Gasteiger partial charge in [-0.05, 0) is 20.8 Å². The third-order valence-electron chi connectivity index (χ3n) is 2.26. The van der Waals surface area contributed by atoms with Crippen LogP contribution in [0.25, 0.3) is 0 Å². The summed E-state index contributed by atoms with van der Waals surface area (Å²) in [4.78, 5) is 16.1. The summed E-state index contributed by atoms with van der Waals surface area (Å²) in [6.07, 6.45) is 0. The Morgan fingerprint density at radius 1 is 1.62 bits per heavy atom. The summed E-state index contributed by atoms with van der Waals surface area (Å²) >= 11 is 1.63. The van der Waals surface area contributed by atoms with Crippen LogP contribution in [0.1, 0.15) is 28.5 Å². The summed E-state index contributed by atoms with van der Waals surface area (Å²) < 4.78 is 0. The van der Waals surface area contributed by atoms with Crippen LogP contribution in [0.4, 0.5) is 0 Å². The van der Waals surface area contributed by atoms with Crippen molar-refractivity contribution < 1.29 is 9.90 Å². The lowest BCUT2D eigenvalue weighted by molar-refractivity contribution is -0.132. The van der Waals surface area contributed by atoms with Gasteiger partial charge in [-0.1, -0.05) is 6.58 Å². The van der Waals surface area contributed by atoms with Crippen molar-refractivity contribution in [2.24, 2.45) is 0 Å². The van der Waals surface area contributed by atoms with Crippen LogP contribution in [-0.2, 0) is 4.79 Å². The monoisotopic (exact) mass is 240 g/mol. The summed E-state index contributed by atoms with van der Waals surface area (Å²) in [5.41, 5.74) is 1.18. The molecule has 0 saturated heterocycles. The SMILES string of the molecule is C=C(CNC(C)c1sc(C)nc1C)C(=O)O. The van der Waals surface area contributed by atoms with Crippen molar-refractivity contribution in [3.63, 3.8) is 0 Å². The average Bonchev–Trinajstić information content (AvgIpc) is 2.53. The van der Waals surface area contributed by atoms with E-state index >= 15 is 0 Å². The van der Waals surface area contributed by atoms with Crippen LogP contribution in [0, 0.1) is 13.8 Å². The Balaban J connectivity index is 2.59. The molecular formula is C11H16N2O2S. The molecule has 0 fully saturated rings. The van der Waals surface area contributed by atoms with Gasteiger partial charge in [0.2, 0.25) is 0 Å². The molecule has 0 bridgehead atoms. The number of carboxylic acids is 1. The molecule has 0 saturated carbocycles. The molecule has 5 heteroatoms. The lowest BCUT2D eigenvalue weighted by Crippen LogP contribution is -2.23. The molecule has 0 aromatic carbocycles. The van der Waals surface area contributed by atoms with E-state index in [-0.39, 0.29) is 18.2 Å². The number of nitrogens with one attached hydrogen (secondary N) is 1. The van der Waals surface area contributed by atoms with Crippen LogP contribution in [0.5, 0.6) is 0 Å². The average molecular weight is 240 g/mol. The zero-order valence-corrected chi connectivity index (χ0v) is 10.5. The molecule has 0 radical (unpaired) electrons. The number of rotatable bonds is 5. The van der Waals surface area contributed by atoms with Gasteiger partial charge >= 0.3 is 5.97 Å². The highest BCUT2D eigenvalue weighted by atomic mass is 32.1. The lowest BCUT2D eigenvalue weighted by Gasteiger charge is -2.12. The molecule has 0 aliphatic heterocycles. The fourth-order valence-corrected chi connectivity index (χ4v) is 2.35. The predicted molar refractivity (Wildman–Crippen MR) is 64.8 cm³/mol. The van der Waals surface area contributed by atoms with Crippen LogP contribution in [0.3, 0.4) is 0 Å². The van der Waals surface area contributed by atoms with Gasteiger partial charge in [-0.2, -0.15) is 0 Å². The van der Waals surface area contributed by atoms with E-state index in [2.05, 4.69) is 16.9 Å². The van der Waals surface area contributed by atoms with Gasteiger partial charge < -0.3 is 10.4 Å². The Bertz CT molecular complexity index is 412. The quantitative estimate of drug-likeness (QED) is 0.773. The van der Waals surface area contributed by atoms with Crippen molar-refractivity contribution in [2.75, 3.05) is 6.54 Å². The van der Waals surface area contributed by atoms with Gasteiger partial charge in [-0.3, -0.25) is 0 Å². The smallest absolute Gasteiger partial charge is 0.332 e. The Kier molecular flexibility index (Phi) is 4.20. The number of hydrogen-bond acceptors (Lipinski definition) is 4. The zero-order chi connectivity index (χ0) is 12.3. The highest BCUT2D eigenvalue weighted by Crippen LogP contribution is 2.24. The molecule has 1 rings (SSSR count). The predicted octanol–water partition coefficient (Wildman–Crippen LogP) is 2.05. The van der Waals surface area contributed by atoms with Crippen molar-refractivity contribution in [2.45, 2.75) is 26.8 Å². The number of nitrogens with zero attached hydrogens (tertiary/aromatic N) is 1. The molecule has 4 nitrogen and oxygen atoms in total. The van der Waals surface area contributed by atoms with Crippen molar-refractivity contribution in [3.05, 3.63) is 27.7 Å². The maximum absolute atomic E-state index is 10.6. The standard InChI is InChI=1S/C11H16N2O2S/c1-6(11(14)15)5-12-7(2)10-8(3)13-9(4)16-10/h7,12H,1,5H2,2-4H3,(H,14,15). The minimum absolute atomic E-state index is 0.0994. The third-order valence-corrected chi connectivity index (χ3v) is 3.51. The maximum Gasteiger partial charge on any atom is 0.332 e. The molecule has 2 N–H and O–H groups in total. The Labute approximate surface area is 99.0 Å². The summed E-state index contributed by atoms with van der Waals surface area (Å²) in [6, 6.07) is 0.0994. The normalized spacial score (nSPS) is 12.4. The van der Waals surface area contributed by atoms with E-state index in [4.69, 9.17) is 5.11 Å². The molecule has 1 aromatic heterocycles. The maximum atomic E-state index is 10.6. The largest absolute Gasteiger partial charge is 0.478 e. The van der Waals surface area contributed by atoms with Gasteiger partial charge in [0.05, 0.1) is 10.7 Å². The van der Waals surface area contributed by atoms with Gasteiger partial charge in [0.1, 0.15) is 0 Å². The van der Waals surface area contributed by atoms with Crippen LogP contribution < -0.4 is 5.32 Å². The van der Waals surface area contributed by atoms with Crippen LogP contribution >= 0.6 is 11.3 Å². The summed E-state index contributed by atoms with van der Waals surface area (Å²) in [6.45, 7) is 9.68. The molecular weight excluding hydrogens is 224 g/mol. The minimum atomic E-state index is -0.961. The highest BCUT2D eigenvalue weighted by Gasteiger charge is 2.13. The second-order valence-electron chi connectivity index (χ2n) is 3.69. The number of aromatic nitrogens is 1. The van der Waals surface area contributed by atoms with Crippen LogP contribution in [0.15, 0.2) is 12.2 Å². The topological polar surface area (TPSA) is 62.2 Å². The Hall–Kier alpha value is -1.20. The summed E-state index contributed by atoms with van der Waals surface area (Å²) in [5, 5.41) is 12.8. The van der Waals surface area contributed by atoms with Gasteiger partial charge in [0.25, 0.3) is 0 Å². The molecule has 1 unspecified atom stereocenters. The first kappa shape index (κ1) is 12.9. The molecule has 88 valence electrons. The van der Waals surface area contributed by atoms with Crippen molar-refractivity contribution >= 4 is 17.3 Å². The molecule has 1 aromatic rings. The van der Waals surface area contributed by atoms with Gasteiger partial charge in [0.15, 0.2) is 0 Å². The van der Waals surface area contributed by atoms with E-state index in [1.54, 1.807) is 11.3 Å². The van der Waals surface area contributed by atoms with E-state index in [0.717, 1.165) is 15.6 Å². The van der Waals surface area contributed by atoms with E-state index in [1.807, 2.05) is 20.8 Å². The van der Waals surface area contributed by atoms with Crippen molar-refractivity contribution in [1.82, 2.24) is 10.3 Å². The van der Waals surface area contributed by atoms with Gasteiger partial charge in [0, 0.05) is 23.0 Å². The van der Waals surface area contributed by atoms with E-state index in [9.17, 15) is 4.79 Å². The number of thiazole rings is 1. The highest BCUT2D eigenvalue weighted by molar-refractivity contribution is 7.11. The van der Waals surface area contributed by atoms with Crippen LogP contribution in [0.2, 0.25) is 0 Å². The molecule has 16 heavy (non-hydrogen) atoms. The zero-order valence-electron chi connectivity index (χ0n) is 9.70. The number of aryl methyl sites for hydroxylation is 2. The molecule has 1 atom stereocenters. The van der Waals surface area contributed by atoms with Crippen molar-refractivity contribution in [1.29, 1.82) is 0 Å². The first-order valence-electron chi connectivity index (χ1n) is 5.00. The molecule has 0 aliphatic rings. The lowest BCUT2D eigenvalue weighted by atomic mass is 10.2. The Morgan fingerprint density at radius 2 is 2.25 bits per heavy atom. The number of carbonyl (C=O) groups is 1. The fourth-order valence-electron chi connectivity index (χ4n) is 1.39. The first-order valence-corrected chi connectivity index (χ1v) is 5.82. The molecule has 0 aliphatic carbocycles. The second kappa shape index (κ2) is 5.23. The molecule has 0 amide bonds. The molecule has 1 heterocycles. The van der Waals surface area contributed by atoms with Crippen LogP contribution in [-0.4, -0.2) is 22.6 Å². The van der Waals surface area contributed by atoms with Crippen molar-refractivity contribution in [3.8, 4) is 0 Å². The number of aliphatic carboxylic acids is 1. The van der Waals surface area contributed by atoms with E-state index in [1.165, 1.54) is 0 Å². The summed E-state index contributed by atoms with van der Waals surface area (Å²) in [5.74, 6) is -0.961. The number of hydrogen-bond donors (Lipinski definition) is 2. The van der Waals surface area contributed by atoms with Gasteiger partial charge in [-0.15, -0.1) is 11.3 Å². The molecule has 0 spiro atoms. The third kappa shape index (κ3) is 3.15. The first-order chi connectivity index (χ1) is 7.41. The van der Waals surface area contributed by atoms with E-state index < -0.39 is 5.97 Å². The fraction of sp³-hybridized carbons (Fsp3) is 0.455.